The lowest BCUT2D eigenvalue weighted by atomic mass is 9.97. The highest BCUT2D eigenvalue weighted by atomic mass is 32.1. The van der Waals surface area contributed by atoms with Gasteiger partial charge in [-0.2, -0.15) is 11.3 Å². The number of likely N-dealkylation sites (tertiary alicyclic amines) is 1. The first-order valence-corrected chi connectivity index (χ1v) is 8.77. The van der Waals surface area contributed by atoms with E-state index in [-0.39, 0.29) is 17.7 Å². The second-order valence-electron chi connectivity index (χ2n) is 6.08. The number of rotatable bonds is 5. The molecule has 2 heterocycles. The molecule has 1 aliphatic heterocycles. The van der Waals surface area contributed by atoms with Gasteiger partial charge in [-0.3, -0.25) is 9.59 Å². The molecule has 120 valence electrons. The van der Waals surface area contributed by atoms with Gasteiger partial charge >= 0.3 is 0 Å². The summed E-state index contributed by atoms with van der Waals surface area (Å²) in [6.45, 7) is 5.98. The topological polar surface area (TPSA) is 49.4 Å². The second kappa shape index (κ2) is 8.13. The van der Waals surface area contributed by atoms with Gasteiger partial charge in [-0.1, -0.05) is 13.8 Å². The number of carbonyl (C=O) groups is 2. The maximum Gasteiger partial charge on any atom is 0.246 e. The van der Waals surface area contributed by atoms with Crippen LogP contribution in [0.2, 0.25) is 0 Å². The van der Waals surface area contributed by atoms with Gasteiger partial charge in [0.1, 0.15) is 0 Å². The van der Waals surface area contributed by atoms with Crippen LogP contribution in [-0.4, -0.2) is 36.3 Å². The lowest BCUT2D eigenvalue weighted by molar-refractivity contribution is -0.127. The Kier molecular flexibility index (Phi) is 6.19. The average molecular weight is 320 g/mol. The van der Waals surface area contributed by atoms with Crippen molar-refractivity contribution in [3.05, 3.63) is 28.5 Å². The van der Waals surface area contributed by atoms with Crippen molar-refractivity contribution in [2.45, 2.75) is 26.7 Å². The van der Waals surface area contributed by atoms with Gasteiger partial charge in [-0.05, 0) is 47.2 Å². The number of hydrogen-bond acceptors (Lipinski definition) is 3. The van der Waals surface area contributed by atoms with Crippen LogP contribution in [0.5, 0.6) is 0 Å². The molecule has 1 atom stereocenters. The Morgan fingerprint density at radius 1 is 1.50 bits per heavy atom. The maximum absolute atomic E-state index is 12.2. The molecule has 1 fully saturated rings. The standard InChI is InChI=1S/C17H24N2O2S/c1-13(2)17(21)18-10-15-4-3-8-19(11-15)16(20)6-5-14-7-9-22-12-14/h5-7,9,12-13,15H,3-4,8,10-11H2,1-2H3,(H,18,21)/b6-5-/t15-/m0/s1. The van der Waals surface area contributed by atoms with Crippen LogP contribution in [0, 0.1) is 11.8 Å². The van der Waals surface area contributed by atoms with E-state index in [2.05, 4.69) is 5.32 Å². The van der Waals surface area contributed by atoms with E-state index in [0.717, 1.165) is 31.5 Å². The second-order valence-corrected chi connectivity index (χ2v) is 6.86. The molecule has 1 aromatic rings. The Labute approximate surface area is 136 Å². The van der Waals surface area contributed by atoms with Gasteiger partial charge < -0.3 is 10.2 Å². The normalized spacial score (nSPS) is 18.9. The molecule has 1 saturated heterocycles. The molecule has 1 aromatic heterocycles. The van der Waals surface area contributed by atoms with Crippen molar-refractivity contribution in [1.29, 1.82) is 0 Å². The van der Waals surface area contributed by atoms with Gasteiger partial charge in [-0.25, -0.2) is 0 Å². The van der Waals surface area contributed by atoms with Gasteiger partial charge in [0.15, 0.2) is 0 Å². The molecule has 0 aliphatic carbocycles. The van der Waals surface area contributed by atoms with E-state index < -0.39 is 0 Å². The zero-order valence-electron chi connectivity index (χ0n) is 13.2. The molecular weight excluding hydrogens is 296 g/mol. The van der Waals surface area contributed by atoms with Gasteiger partial charge in [-0.15, -0.1) is 0 Å². The molecule has 1 N–H and O–H groups in total. The van der Waals surface area contributed by atoms with E-state index in [0.29, 0.717) is 12.5 Å². The molecule has 0 saturated carbocycles. The van der Waals surface area contributed by atoms with E-state index in [1.165, 1.54) is 0 Å². The zero-order valence-corrected chi connectivity index (χ0v) is 14.1. The SMILES string of the molecule is CC(C)C(=O)NC[C@@H]1CCCN(C(=O)/C=C\c2ccsc2)C1. The lowest BCUT2D eigenvalue weighted by Gasteiger charge is -2.32. The third-order valence-corrected chi connectivity index (χ3v) is 4.58. The Morgan fingerprint density at radius 3 is 3.00 bits per heavy atom. The number of thiophene rings is 1. The molecule has 0 unspecified atom stereocenters. The minimum absolute atomic E-state index is 0.00914. The summed E-state index contributed by atoms with van der Waals surface area (Å²) >= 11 is 1.62. The number of carbonyl (C=O) groups excluding carboxylic acids is 2. The highest BCUT2D eigenvalue weighted by Gasteiger charge is 2.23. The van der Waals surface area contributed by atoms with E-state index in [1.807, 2.05) is 41.6 Å². The Balaban J connectivity index is 1.82. The van der Waals surface area contributed by atoms with Crippen molar-refractivity contribution in [1.82, 2.24) is 10.2 Å². The molecule has 1 aliphatic rings. The summed E-state index contributed by atoms with van der Waals surface area (Å²) in [7, 11) is 0. The molecule has 0 spiro atoms. The van der Waals surface area contributed by atoms with Crippen molar-refractivity contribution in [2.24, 2.45) is 11.8 Å². The third kappa shape index (κ3) is 4.98. The average Bonchev–Trinajstić information content (AvgIpc) is 3.03. The highest BCUT2D eigenvalue weighted by molar-refractivity contribution is 7.08. The van der Waals surface area contributed by atoms with Gasteiger partial charge in [0.2, 0.25) is 11.8 Å². The van der Waals surface area contributed by atoms with Crippen LogP contribution in [0.1, 0.15) is 32.3 Å². The summed E-state index contributed by atoms with van der Waals surface area (Å²) in [4.78, 5) is 25.8. The Bertz CT molecular complexity index is 523. The Morgan fingerprint density at radius 2 is 2.32 bits per heavy atom. The molecule has 0 bridgehead atoms. The minimum Gasteiger partial charge on any atom is -0.356 e. The van der Waals surface area contributed by atoms with Crippen LogP contribution in [0.4, 0.5) is 0 Å². The predicted octanol–water partition coefficient (Wildman–Crippen LogP) is 2.77. The van der Waals surface area contributed by atoms with Gasteiger partial charge in [0.05, 0.1) is 0 Å². The van der Waals surface area contributed by atoms with Crippen LogP contribution in [0.15, 0.2) is 22.9 Å². The van der Waals surface area contributed by atoms with Crippen LogP contribution < -0.4 is 5.32 Å². The fourth-order valence-electron chi connectivity index (χ4n) is 2.52. The van der Waals surface area contributed by atoms with Crippen molar-refractivity contribution in [2.75, 3.05) is 19.6 Å². The molecule has 2 rings (SSSR count). The fraction of sp³-hybridized carbons (Fsp3) is 0.529. The molecule has 0 aromatic carbocycles. The van der Waals surface area contributed by atoms with E-state index in [1.54, 1.807) is 17.4 Å². The number of nitrogens with one attached hydrogen (secondary N) is 1. The number of nitrogens with zero attached hydrogens (tertiary/aromatic N) is 1. The predicted molar refractivity (Wildman–Crippen MR) is 90.5 cm³/mol. The monoisotopic (exact) mass is 320 g/mol. The summed E-state index contributed by atoms with van der Waals surface area (Å²) in [6.07, 6.45) is 5.58. The minimum atomic E-state index is 0.00914. The highest BCUT2D eigenvalue weighted by Crippen LogP contribution is 2.17. The summed E-state index contributed by atoms with van der Waals surface area (Å²) in [5, 5.41) is 6.99. The van der Waals surface area contributed by atoms with Crippen molar-refractivity contribution in [3.63, 3.8) is 0 Å². The lowest BCUT2D eigenvalue weighted by Crippen LogP contribution is -2.43. The number of piperidine rings is 1. The van der Waals surface area contributed by atoms with Crippen LogP contribution in [0.3, 0.4) is 0 Å². The molecule has 22 heavy (non-hydrogen) atoms. The number of hydrogen-bond donors (Lipinski definition) is 1. The summed E-state index contributed by atoms with van der Waals surface area (Å²) in [5.41, 5.74) is 1.07. The van der Waals surface area contributed by atoms with E-state index in [4.69, 9.17) is 0 Å². The summed E-state index contributed by atoms with van der Waals surface area (Å²) in [6, 6.07) is 1.99. The molecule has 2 amide bonds. The molecule has 5 heteroatoms. The Hall–Kier alpha value is -1.62. The first-order chi connectivity index (χ1) is 10.6. The smallest absolute Gasteiger partial charge is 0.246 e. The summed E-state index contributed by atoms with van der Waals surface area (Å²) < 4.78 is 0. The largest absolute Gasteiger partial charge is 0.356 e. The van der Waals surface area contributed by atoms with Gasteiger partial charge in [0.25, 0.3) is 0 Å². The summed E-state index contributed by atoms with van der Waals surface area (Å²) in [5.74, 6) is 0.511. The fourth-order valence-corrected chi connectivity index (χ4v) is 3.15. The van der Waals surface area contributed by atoms with E-state index in [9.17, 15) is 9.59 Å². The van der Waals surface area contributed by atoms with Gasteiger partial charge in [0, 0.05) is 31.6 Å². The van der Waals surface area contributed by atoms with Crippen LogP contribution >= 0.6 is 11.3 Å². The number of amides is 2. The zero-order chi connectivity index (χ0) is 15.9. The van der Waals surface area contributed by atoms with Crippen molar-refractivity contribution in [3.8, 4) is 0 Å². The maximum atomic E-state index is 12.2. The molecular formula is C17H24N2O2S. The quantitative estimate of drug-likeness (QED) is 0.848. The first-order valence-electron chi connectivity index (χ1n) is 7.83. The third-order valence-electron chi connectivity index (χ3n) is 3.88. The van der Waals surface area contributed by atoms with E-state index >= 15 is 0 Å². The van der Waals surface area contributed by atoms with Crippen LogP contribution in [0.25, 0.3) is 6.08 Å². The van der Waals surface area contributed by atoms with Crippen molar-refractivity contribution < 1.29 is 9.59 Å². The van der Waals surface area contributed by atoms with Crippen molar-refractivity contribution >= 4 is 29.2 Å². The molecule has 4 nitrogen and oxygen atoms in total. The molecule has 0 radical (unpaired) electrons. The van der Waals surface area contributed by atoms with Crippen LogP contribution in [-0.2, 0) is 9.59 Å². The first kappa shape index (κ1) is 16.7.